The van der Waals surface area contributed by atoms with Crippen LogP contribution in [-0.4, -0.2) is 51.0 Å². The normalized spacial score (nSPS) is 18.1. The molecule has 8 heteroatoms. The number of carbonyl (C=O) groups excluding carboxylic acids is 1. The minimum Gasteiger partial charge on any atom is -0.355 e. The van der Waals surface area contributed by atoms with Gasteiger partial charge in [0, 0.05) is 30.7 Å². The van der Waals surface area contributed by atoms with Crippen molar-refractivity contribution >= 4 is 17.5 Å². The molecule has 2 fully saturated rings. The Kier molecular flexibility index (Phi) is 5.21. The van der Waals surface area contributed by atoms with Crippen LogP contribution in [0, 0.1) is 0 Å². The molecule has 0 unspecified atom stereocenters. The Morgan fingerprint density at radius 3 is 2.30 bits per heavy atom. The van der Waals surface area contributed by atoms with E-state index >= 15 is 0 Å². The molecule has 0 atom stereocenters. The highest BCUT2D eigenvalue weighted by molar-refractivity contribution is 5.74. The zero-order valence-electron chi connectivity index (χ0n) is 17.0. The van der Waals surface area contributed by atoms with Crippen LogP contribution in [0.1, 0.15) is 38.5 Å². The van der Waals surface area contributed by atoms with Crippen LogP contribution in [0.4, 0.5) is 10.6 Å². The quantitative estimate of drug-likeness (QED) is 0.697. The molecule has 2 aromatic heterocycles. The zero-order valence-corrected chi connectivity index (χ0v) is 17.0. The number of anilines is 1. The summed E-state index contributed by atoms with van der Waals surface area (Å²) in [6, 6.07) is 14.5. The maximum atomic E-state index is 12.2. The molecule has 1 aliphatic heterocycles. The largest absolute Gasteiger partial charge is 0.355 e. The van der Waals surface area contributed by atoms with Crippen molar-refractivity contribution in [3.63, 3.8) is 0 Å². The van der Waals surface area contributed by atoms with Crippen LogP contribution in [-0.2, 0) is 0 Å². The number of fused-ring (bicyclic) bond motifs is 1. The van der Waals surface area contributed by atoms with Gasteiger partial charge in [-0.05, 0) is 37.8 Å². The Morgan fingerprint density at radius 1 is 0.867 bits per heavy atom. The maximum absolute atomic E-state index is 12.2. The summed E-state index contributed by atoms with van der Waals surface area (Å²) < 4.78 is 1.81. The van der Waals surface area contributed by atoms with E-state index in [1.54, 1.807) is 0 Å². The molecule has 30 heavy (non-hydrogen) atoms. The number of hydrogen-bond acceptors (Lipinski definition) is 5. The molecule has 3 heterocycles. The second-order valence-corrected chi connectivity index (χ2v) is 8.21. The standard InChI is InChI=1S/C22H27N7O/c30-22(23-17-8-4-5-9-17)24-18-12-14-28(15-13-18)20-11-10-19-25-26-21(29(19)27-20)16-6-2-1-3-7-16/h1-3,6-7,10-11,17-18H,4-5,8-9,12-15H2,(H2,23,24,30). The third-order valence-electron chi connectivity index (χ3n) is 6.13. The number of aromatic nitrogens is 4. The van der Waals surface area contributed by atoms with E-state index < -0.39 is 0 Å². The molecule has 2 N–H and O–H groups in total. The lowest BCUT2D eigenvalue weighted by Gasteiger charge is -2.33. The molecule has 2 amide bonds. The van der Waals surface area contributed by atoms with Crippen molar-refractivity contribution in [3.8, 4) is 11.4 Å². The fraction of sp³-hybridized carbons (Fsp3) is 0.455. The van der Waals surface area contributed by atoms with E-state index in [0.717, 1.165) is 61.6 Å². The summed E-state index contributed by atoms with van der Waals surface area (Å²) >= 11 is 0. The number of urea groups is 1. The second-order valence-electron chi connectivity index (χ2n) is 8.21. The lowest BCUT2D eigenvalue weighted by atomic mass is 10.1. The first kappa shape index (κ1) is 18.8. The van der Waals surface area contributed by atoms with Gasteiger partial charge in [-0.15, -0.1) is 15.3 Å². The van der Waals surface area contributed by atoms with E-state index in [-0.39, 0.29) is 12.1 Å². The van der Waals surface area contributed by atoms with E-state index in [1.807, 2.05) is 47.0 Å². The lowest BCUT2D eigenvalue weighted by molar-refractivity contribution is 0.230. The number of nitrogens with zero attached hydrogens (tertiary/aromatic N) is 5. The number of nitrogens with one attached hydrogen (secondary N) is 2. The third kappa shape index (κ3) is 3.94. The van der Waals surface area contributed by atoms with Crippen molar-refractivity contribution in [2.45, 2.75) is 50.6 Å². The fourth-order valence-electron chi connectivity index (χ4n) is 4.45. The number of piperidine rings is 1. The highest BCUT2D eigenvalue weighted by Crippen LogP contribution is 2.22. The summed E-state index contributed by atoms with van der Waals surface area (Å²) in [4.78, 5) is 14.5. The molecular formula is C22H27N7O. The molecular weight excluding hydrogens is 378 g/mol. The molecule has 0 bridgehead atoms. The van der Waals surface area contributed by atoms with Gasteiger partial charge < -0.3 is 15.5 Å². The molecule has 156 valence electrons. The molecule has 2 aliphatic rings. The topological polar surface area (TPSA) is 87.5 Å². The zero-order chi connectivity index (χ0) is 20.3. The monoisotopic (exact) mass is 405 g/mol. The minimum absolute atomic E-state index is 0.0168. The summed E-state index contributed by atoms with van der Waals surface area (Å²) in [6.07, 6.45) is 6.47. The van der Waals surface area contributed by atoms with Gasteiger partial charge >= 0.3 is 6.03 Å². The maximum Gasteiger partial charge on any atom is 0.315 e. The first-order valence-corrected chi connectivity index (χ1v) is 10.9. The van der Waals surface area contributed by atoms with Gasteiger partial charge in [-0.1, -0.05) is 43.2 Å². The van der Waals surface area contributed by atoms with Gasteiger partial charge in [0.2, 0.25) is 0 Å². The third-order valence-corrected chi connectivity index (χ3v) is 6.13. The summed E-state index contributed by atoms with van der Waals surface area (Å²) in [5, 5.41) is 19.6. The van der Waals surface area contributed by atoms with Crippen LogP contribution in [0.3, 0.4) is 0 Å². The van der Waals surface area contributed by atoms with Crippen molar-refractivity contribution in [2.24, 2.45) is 0 Å². The highest BCUT2D eigenvalue weighted by Gasteiger charge is 2.24. The summed E-state index contributed by atoms with van der Waals surface area (Å²) in [6.45, 7) is 1.71. The smallest absolute Gasteiger partial charge is 0.315 e. The Morgan fingerprint density at radius 2 is 1.57 bits per heavy atom. The van der Waals surface area contributed by atoms with E-state index in [1.165, 1.54) is 12.8 Å². The summed E-state index contributed by atoms with van der Waals surface area (Å²) in [5.41, 5.74) is 1.73. The fourth-order valence-corrected chi connectivity index (χ4v) is 4.45. The van der Waals surface area contributed by atoms with Gasteiger partial charge in [0.05, 0.1) is 0 Å². The van der Waals surface area contributed by atoms with Crippen molar-refractivity contribution in [1.29, 1.82) is 0 Å². The molecule has 3 aromatic rings. The van der Waals surface area contributed by atoms with Crippen LogP contribution in [0.25, 0.3) is 17.0 Å². The number of amides is 2. The Bertz CT molecular complexity index is 1000. The molecule has 0 radical (unpaired) electrons. The summed E-state index contributed by atoms with van der Waals surface area (Å²) in [5.74, 6) is 1.65. The van der Waals surface area contributed by atoms with Crippen molar-refractivity contribution in [1.82, 2.24) is 30.4 Å². The second kappa shape index (κ2) is 8.30. The van der Waals surface area contributed by atoms with Crippen molar-refractivity contribution in [3.05, 3.63) is 42.5 Å². The van der Waals surface area contributed by atoms with Crippen LogP contribution in [0.15, 0.2) is 42.5 Å². The molecule has 0 spiro atoms. The number of rotatable bonds is 4. The minimum atomic E-state index is -0.0168. The highest BCUT2D eigenvalue weighted by atomic mass is 16.2. The Labute approximate surface area is 175 Å². The SMILES string of the molecule is O=C(NC1CCCC1)NC1CCN(c2ccc3nnc(-c4ccccc4)n3n2)CC1. The van der Waals surface area contributed by atoms with Gasteiger partial charge in [0.15, 0.2) is 11.5 Å². The average Bonchev–Trinajstić information content (AvgIpc) is 3.44. The lowest BCUT2D eigenvalue weighted by Crippen LogP contribution is -2.49. The number of hydrogen-bond donors (Lipinski definition) is 2. The van der Waals surface area contributed by atoms with E-state index in [0.29, 0.717) is 6.04 Å². The van der Waals surface area contributed by atoms with Gasteiger partial charge in [0.25, 0.3) is 0 Å². The first-order chi connectivity index (χ1) is 14.8. The van der Waals surface area contributed by atoms with Crippen molar-refractivity contribution < 1.29 is 4.79 Å². The van der Waals surface area contributed by atoms with Crippen LogP contribution in [0.2, 0.25) is 0 Å². The van der Waals surface area contributed by atoms with Crippen molar-refractivity contribution in [2.75, 3.05) is 18.0 Å². The molecule has 8 nitrogen and oxygen atoms in total. The summed E-state index contributed by atoms with van der Waals surface area (Å²) in [7, 11) is 0. The average molecular weight is 406 g/mol. The predicted molar refractivity (Wildman–Crippen MR) is 115 cm³/mol. The Balaban J connectivity index is 1.23. The van der Waals surface area contributed by atoms with E-state index in [4.69, 9.17) is 5.10 Å². The van der Waals surface area contributed by atoms with E-state index in [2.05, 4.69) is 25.7 Å². The number of benzene rings is 1. The van der Waals surface area contributed by atoms with Gasteiger partial charge in [0.1, 0.15) is 5.82 Å². The first-order valence-electron chi connectivity index (χ1n) is 10.9. The Hall–Kier alpha value is -3.16. The number of carbonyl (C=O) groups is 1. The predicted octanol–water partition coefficient (Wildman–Crippen LogP) is 3.00. The molecule has 1 aromatic carbocycles. The van der Waals surface area contributed by atoms with Crippen LogP contribution >= 0.6 is 0 Å². The molecule has 1 saturated heterocycles. The molecule has 1 saturated carbocycles. The van der Waals surface area contributed by atoms with Gasteiger partial charge in [-0.2, -0.15) is 4.52 Å². The van der Waals surface area contributed by atoms with Gasteiger partial charge in [-0.25, -0.2) is 4.79 Å². The molecule has 5 rings (SSSR count). The van der Waals surface area contributed by atoms with E-state index in [9.17, 15) is 4.79 Å². The van der Waals surface area contributed by atoms with Crippen LogP contribution < -0.4 is 15.5 Å². The van der Waals surface area contributed by atoms with Crippen LogP contribution in [0.5, 0.6) is 0 Å². The van der Waals surface area contributed by atoms with Gasteiger partial charge in [-0.3, -0.25) is 0 Å². The molecule has 1 aliphatic carbocycles.